The Bertz CT molecular complexity index is 1150. The van der Waals surface area contributed by atoms with Crippen molar-refractivity contribution in [2.24, 2.45) is 0 Å². The molecule has 6 heteroatoms. The van der Waals surface area contributed by atoms with Gasteiger partial charge in [0.05, 0.1) is 6.04 Å². The van der Waals surface area contributed by atoms with Crippen LogP contribution >= 0.6 is 0 Å². The number of hydrogen-bond donors (Lipinski definition) is 1. The van der Waals surface area contributed by atoms with Gasteiger partial charge in [0, 0.05) is 23.7 Å². The number of alkyl halides is 1. The van der Waals surface area contributed by atoms with E-state index in [1.165, 1.54) is 13.8 Å². The van der Waals surface area contributed by atoms with Crippen LogP contribution in [0.4, 0.5) is 13.2 Å². The van der Waals surface area contributed by atoms with E-state index in [9.17, 15) is 9.18 Å². The molecule has 1 aliphatic carbocycles. The first-order chi connectivity index (χ1) is 15.4. The van der Waals surface area contributed by atoms with Crippen LogP contribution in [-0.2, 0) is 11.2 Å². The maximum Gasteiger partial charge on any atom is 0.328 e. The number of carboxylic acids is 1. The van der Waals surface area contributed by atoms with Crippen molar-refractivity contribution in [1.29, 1.82) is 0 Å². The number of nitrogens with zero attached hydrogens (tertiary/aromatic N) is 1. The van der Waals surface area contributed by atoms with Gasteiger partial charge in [0.15, 0.2) is 0 Å². The number of fused-ring (bicyclic) bond motifs is 2. The molecular formula is C27H28F3NO2. The minimum absolute atomic E-state index is 0.0113. The topological polar surface area (TPSA) is 40.5 Å². The molecule has 0 saturated heterocycles. The zero-order valence-corrected chi connectivity index (χ0v) is 19.3. The monoisotopic (exact) mass is 455 g/mol. The Morgan fingerprint density at radius 1 is 1.21 bits per heavy atom. The predicted octanol–water partition coefficient (Wildman–Crippen LogP) is 6.35. The highest BCUT2D eigenvalue weighted by atomic mass is 19.1. The fourth-order valence-corrected chi connectivity index (χ4v) is 5.17. The van der Waals surface area contributed by atoms with Gasteiger partial charge in [-0.1, -0.05) is 24.3 Å². The normalized spacial score (nSPS) is 20.3. The zero-order chi connectivity index (χ0) is 24.1. The first-order valence-corrected chi connectivity index (χ1v) is 11.0. The minimum atomic E-state index is -1.57. The highest BCUT2D eigenvalue weighted by Gasteiger charge is 2.47. The second-order valence-corrected chi connectivity index (χ2v) is 10.1. The average molecular weight is 456 g/mol. The zero-order valence-electron chi connectivity index (χ0n) is 19.3. The van der Waals surface area contributed by atoms with Crippen LogP contribution in [0, 0.1) is 11.6 Å². The van der Waals surface area contributed by atoms with E-state index in [0.29, 0.717) is 12.8 Å². The highest BCUT2D eigenvalue weighted by molar-refractivity contribution is 5.85. The van der Waals surface area contributed by atoms with Crippen molar-refractivity contribution in [1.82, 2.24) is 4.90 Å². The lowest BCUT2D eigenvalue weighted by atomic mass is 9.78. The summed E-state index contributed by atoms with van der Waals surface area (Å²) in [5, 5.41) is 8.84. The Morgan fingerprint density at radius 3 is 2.45 bits per heavy atom. The lowest BCUT2D eigenvalue weighted by Gasteiger charge is -2.50. The molecule has 2 aromatic carbocycles. The van der Waals surface area contributed by atoms with E-state index in [1.807, 2.05) is 43.0 Å². The van der Waals surface area contributed by atoms with Crippen LogP contribution in [0.3, 0.4) is 0 Å². The van der Waals surface area contributed by atoms with E-state index < -0.39 is 34.9 Å². The Morgan fingerprint density at radius 2 is 1.85 bits per heavy atom. The van der Waals surface area contributed by atoms with Gasteiger partial charge in [-0.05, 0) is 86.6 Å². The molecule has 0 aromatic heterocycles. The SMILES string of the molecule is CC(C)(F)CN1C(c2c(F)cc(/C=C/C(=O)O)cc2F)C2=C(CC1(C)C)c1ccccc1C2. The Hall–Kier alpha value is -2.86. The summed E-state index contributed by atoms with van der Waals surface area (Å²) >= 11 is 0. The second-order valence-electron chi connectivity index (χ2n) is 10.1. The van der Waals surface area contributed by atoms with Crippen LogP contribution in [0.15, 0.2) is 48.0 Å². The summed E-state index contributed by atoms with van der Waals surface area (Å²) in [5.74, 6) is -2.75. The van der Waals surface area contributed by atoms with Gasteiger partial charge < -0.3 is 5.11 Å². The Kier molecular flexibility index (Phi) is 5.77. The molecule has 174 valence electrons. The first-order valence-electron chi connectivity index (χ1n) is 11.0. The molecule has 0 bridgehead atoms. The van der Waals surface area contributed by atoms with E-state index in [-0.39, 0.29) is 17.7 Å². The smallest absolute Gasteiger partial charge is 0.328 e. The standard InChI is InChI=1S/C27H28F3NO2/c1-26(2,30)15-31-25(24-21(28)11-16(12-22(24)29)9-10-23(32)33)19-13-17-7-5-6-8-18(17)20(19)14-27(31,3)4/h5-12,25H,13-15H2,1-4H3,(H,32,33)/b10-9+. The van der Waals surface area contributed by atoms with Gasteiger partial charge in [0.2, 0.25) is 0 Å². The van der Waals surface area contributed by atoms with Gasteiger partial charge >= 0.3 is 5.97 Å². The Balaban J connectivity index is 1.90. The number of halogens is 3. The van der Waals surface area contributed by atoms with Crippen molar-refractivity contribution in [3.63, 3.8) is 0 Å². The summed E-state index contributed by atoms with van der Waals surface area (Å²) in [5.41, 5.74) is 2.03. The predicted molar refractivity (Wildman–Crippen MR) is 123 cm³/mol. The van der Waals surface area contributed by atoms with Gasteiger partial charge in [-0.15, -0.1) is 0 Å². The molecule has 0 saturated carbocycles. The van der Waals surface area contributed by atoms with Crippen molar-refractivity contribution >= 4 is 17.6 Å². The third-order valence-corrected chi connectivity index (χ3v) is 6.48. The van der Waals surface area contributed by atoms with Crippen LogP contribution in [0.1, 0.15) is 62.4 Å². The lowest BCUT2D eigenvalue weighted by Crippen LogP contribution is -2.53. The molecule has 3 nitrogen and oxygen atoms in total. The van der Waals surface area contributed by atoms with Gasteiger partial charge in [-0.2, -0.15) is 0 Å². The summed E-state index contributed by atoms with van der Waals surface area (Å²) in [6, 6.07) is 9.47. The van der Waals surface area contributed by atoms with Crippen LogP contribution in [-0.4, -0.2) is 33.7 Å². The summed E-state index contributed by atoms with van der Waals surface area (Å²) < 4.78 is 45.9. The summed E-state index contributed by atoms with van der Waals surface area (Å²) in [4.78, 5) is 12.7. The van der Waals surface area contributed by atoms with Crippen molar-refractivity contribution in [2.45, 2.75) is 57.8 Å². The van der Waals surface area contributed by atoms with Crippen LogP contribution in [0.2, 0.25) is 0 Å². The third-order valence-electron chi connectivity index (χ3n) is 6.48. The molecule has 1 heterocycles. The second kappa shape index (κ2) is 8.17. The number of carboxylic acid groups (broad SMARTS) is 1. The molecule has 2 aromatic rings. The molecule has 0 spiro atoms. The fraction of sp³-hybridized carbons (Fsp3) is 0.370. The molecule has 0 amide bonds. The largest absolute Gasteiger partial charge is 0.478 e. The summed E-state index contributed by atoms with van der Waals surface area (Å²) in [6.45, 7) is 6.92. The van der Waals surface area contributed by atoms with Crippen molar-refractivity contribution in [3.05, 3.63) is 81.9 Å². The Labute approximate surface area is 192 Å². The van der Waals surface area contributed by atoms with Gasteiger partial charge in [-0.25, -0.2) is 18.0 Å². The van der Waals surface area contributed by atoms with E-state index in [0.717, 1.165) is 46.6 Å². The number of benzene rings is 2. The maximum atomic E-state index is 15.5. The molecule has 1 unspecified atom stereocenters. The van der Waals surface area contributed by atoms with Gasteiger partial charge in [0.25, 0.3) is 0 Å². The van der Waals surface area contributed by atoms with Crippen molar-refractivity contribution in [2.75, 3.05) is 6.54 Å². The van der Waals surface area contributed by atoms with Crippen LogP contribution < -0.4 is 0 Å². The lowest BCUT2D eigenvalue weighted by molar-refractivity contribution is -0.131. The molecule has 4 rings (SSSR count). The number of hydrogen-bond acceptors (Lipinski definition) is 2. The molecule has 33 heavy (non-hydrogen) atoms. The molecule has 1 N–H and O–H groups in total. The maximum absolute atomic E-state index is 15.5. The highest BCUT2D eigenvalue weighted by Crippen LogP contribution is 2.53. The molecular weight excluding hydrogens is 427 g/mol. The fourth-order valence-electron chi connectivity index (χ4n) is 5.17. The molecule has 0 radical (unpaired) electrons. The van der Waals surface area contributed by atoms with E-state index in [1.54, 1.807) is 0 Å². The van der Waals surface area contributed by atoms with Crippen molar-refractivity contribution < 1.29 is 23.1 Å². The minimum Gasteiger partial charge on any atom is -0.478 e. The van der Waals surface area contributed by atoms with Crippen LogP contribution in [0.5, 0.6) is 0 Å². The number of carbonyl (C=O) groups is 1. The summed E-state index contributed by atoms with van der Waals surface area (Å²) in [7, 11) is 0. The molecule has 2 aliphatic rings. The average Bonchev–Trinajstić information content (AvgIpc) is 3.04. The number of rotatable bonds is 5. The summed E-state index contributed by atoms with van der Waals surface area (Å²) in [6.07, 6.45) is 3.19. The van der Waals surface area contributed by atoms with Crippen LogP contribution in [0.25, 0.3) is 11.6 Å². The molecule has 1 aliphatic heterocycles. The van der Waals surface area contributed by atoms with Gasteiger partial charge in [-0.3, -0.25) is 4.90 Å². The van der Waals surface area contributed by atoms with Crippen molar-refractivity contribution in [3.8, 4) is 0 Å². The van der Waals surface area contributed by atoms with Gasteiger partial charge in [0.1, 0.15) is 17.3 Å². The third kappa shape index (κ3) is 4.49. The first kappa shape index (κ1) is 23.3. The van der Waals surface area contributed by atoms with E-state index in [2.05, 4.69) is 0 Å². The molecule has 1 atom stereocenters. The van der Waals surface area contributed by atoms with E-state index in [4.69, 9.17) is 5.11 Å². The molecule has 0 fully saturated rings. The van der Waals surface area contributed by atoms with E-state index >= 15 is 8.78 Å². The number of aliphatic carboxylic acids is 1. The quantitative estimate of drug-likeness (QED) is 0.535.